The summed E-state index contributed by atoms with van der Waals surface area (Å²) in [7, 11) is 4.72. The summed E-state index contributed by atoms with van der Waals surface area (Å²) in [6.45, 7) is 0. The van der Waals surface area contributed by atoms with Gasteiger partial charge < -0.3 is 0 Å². The fourth-order valence-corrected chi connectivity index (χ4v) is 3.61. The van der Waals surface area contributed by atoms with Gasteiger partial charge in [-0.15, -0.1) is 0 Å². The zero-order valence-electron chi connectivity index (χ0n) is 5.59. The molecule has 1 rings (SSSR count). The van der Waals surface area contributed by atoms with Crippen molar-refractivity contribution >= 4 is 75.0 Å². The van der Waals surface area contributed by atoms with Crippen molar-refractivity contribution in [1.82, 2.24) is 0 Å². The van der Waals surface area contributed by atoms with E-state index in [0.717, 1.165) is 0 Å². The highest BCUT2D eigenvalue weighted by molar-refractivity contribution is 9.50. The first-order chi connectivity index (χ1) is 5.80. The Kier molecular flexibility index (Phi) is 6.13. The predicted molar refractivity (Wildman–Crippen MR) is 70.8 cm³/mol. The summed E-state index contributed by atoms with van der Waals surface area (Å²) >= 11 is 10.1. The van der Waals surface area contributed by atoms with Crippen LogP contribution < -0.4 is 0 Å². The lowest BCUT2D eigenvalue weighted by Gasteiger charge is -2.01. The van der Waals surface area contributed by atoms with Gasteiger partial charge in [0.05, 0.1) is 0 Å². The highest BCUT2D eigenvalue weighted by atomic mass is 79.9. The molecule has 0 bridgehead atoms. The maximum Gasteiger partial charge on any atom is 0.0211 e. The van der Waals surface area contributed by atoms with E-state index in [-0.39, 0.29) is 0 Å². The van der Waals surface area contributed by atoms with Crippen LogP contribution in [-0.2, 0) is 0 Å². The lowest BCUT2D eigenvalue weighted by Crippen LogP contribution is -1.73. The molecule has 0 amide bonds. The summed E-state index contributed by atoms with van der Waals surface area (Å²) in [5.41, 5.74) is 0. The van der Waals surface area contributed by atoms with Gasteiger partial charge in [0.1, 0.15) is 0 Å². The molecule has 0 fully saturated rings. The van der Waals surface area contributed by atoms with Crippen molar-refractivity contribution < 1.29 is 0 Å². The van der Waals surface area contributed by atoms with Gasteiger partial charge in [0.15, 0.2) is 0 Å². The fourth-order valence-electron chi connectivity index (χ4n) is 0.679. The number of hydrogen-bond donors (Lipinski definition) is 0. The molecule has 0 aliphatic carbocycles. The summed E-state index contributed by atoms with van der Waals surface area (Å²) in [5.74, 6) is 0. The van der Waals surface area contributed by atoms with Crippen molar-refractivity contribution in [3.63, 3.8) is 0 Å². The van der Waals surface area contributed by atoms with E-state index in [1.807, 2.05) is 0 Å². The van der Waals surface area contributed by atoms with E-state index >= 15 is 0 Å². The molecule has 0 saturated heterocycles. The normalized spacial score (nSPS) is 10.2. The molecule has 0 saturated carbocycles. The van der Waals surface area contributed by atoms with Gasteiger partial charge >= 0.3 is 0 Å². The summed E-state index contributed by atoms with van der Waals surface area (Å²) in [6, 6.07) is 6.35. The average Bonchev–Trinajstić information content (AvgIpc) is 2.16. The first kappa shape index (κ1) is 11.8. The van der Waals surface area contributed by atoms with Crippen LogP contribution in [0.25, 0.3) is 0 Å². The van der Waals surface area contributed by atoms with Gasteiger partial charge in [-0.05, 0) is 93.2 Å². The van der Waals surface area contributed by atoms with Gasteiger partial charge in [-0.2, -0.15) is 0 Å². The van der Waals surface area contributed by atoms with Crippen LogP contribution in [0.4, 0.5) is 0 Å². The van der Waals surface area contributed by atoms with E-state index in [1.165, 1.54) is 14.7 Å². The molecule has 0 heterocycles. The zero-order chi connectivity index (χ0) is 8.97. The van der Waals surface area contributed by atoms with Crippen molar-refractivity contribution in [2.24, 2.45) is 0 Å². The SMILES string of the molecule is BrSc1cc(SBr)cc(SBr)c1. The van der Waals surface area contributed by atoms with E-state index in [2.05, 4.69) is 62.6 Å². The number of benzene rings is 1. The highest BCUT2D eigenvalue weighted by Gasteiger charge is 2.00. The Morgan fingerprint density at radius 3 is 1.08 bits per heavy atom. The number of halogens is 3. The fraction of sp³-hybridized carbons (Fsp3) is 0. The molecule has 0 nitrogen and oxygen atoms in total. The Balaban J connectivity index is 3.01. The number of hydrogen-bond acceptors (Lipinski definition) is 3. The van der Waals surface area contributed by atoms with Gasteiger partial charge in [0.2, 0.25) is 0 Å². The topological polar surface area (TPSA) is 0 Å². The largest absolute Gasteiger partial charge is 0.0471 e. The first-order valence-electron chi connectivity index (χ1n) is 2.81. The van der Waals surface area contributed by atoms with Crippen molar-refractivity contribution in [3.05, 3.63) is 18.2 Å². The second-order valence-electron chi connectivity index (χ2n) is 1.87. The Bertz CT molecular complexity index is 211. The maximum absolute atomic E-state index is 3.35. The number of rotatable bonds is 3. The van der Waals surface area contributed by atoms with E-state index in [9.17, 15) is 0 Å². The third-order valence-electron chi connectivity index (χ3n) is 1.12. The summed E-state index contributed by atoms with van der Waals surface area (Å²) in [5, 5.41) is 0. The third kappa shape index (κ3) is 3.46. The molecular weight excluding hydrogens is 408 g/mol. The van der Waals surface area contributed by atoms with E-state index in [4.69, 9.17) is 0 Å². The smallest absolute Gasteiger partial charge is 0.0211 e. The third-order valence-corrected chi connectivity index (χ3v) is 5.73. The van der Waals surface area contributed by atoms with Crippen molar-refractivity contribution in [2.45, 2.75) is 14.7 Å². The molecule has 0 aliphatic heterocycles. The monoisotopic (exact) mass is 408 g/mol. The second kappa shape index (κ2) is 6.24. The Hall–Kier alpha value is 1.71. The molecule has 0 spiro atoms. The molecule has 0 unspecified atom stereocenters. The first-order valence-corrected chi connectivity index (χ1v) is 10.8. The maximum atomic E-state index is 3.35. The van der Waals surface area contributed by atoms with Crippen molar-refractivity contribution in [3.8, 4) is 0 Å². The Labute approximate surface area is 107 Å². The molecular formula is C6H3Br3S3. The van der Waals surface area contributed by atoms with Crippen molar-refractivity contribution in [1.29, 1.82) is 0 Å². The highest BCUT2D eigenvalue weighted by Crippen LogP contribution is 2.37. The average molecular weight is 411 g/mol. The molecule has 0 atom stereocenters. The summed E-state index contributed by atoms with van der Waals surface area (Å²) in [6.07, 6.45) is 0. The van der Waals surface area contributed by atoms with Crippen LogP contribution in [0.5, 0.6) is 0 Å². The molecule has 12 heavy (non-hydrogen) atoms. The predicted octanol–water partition coefficient (Wildman–Crippen LogP) is 5.89. The molecule has 0 aromatic heterocycles. The molecule has 6 heteroatoms. The lowest BCUT2D eigenvalue weighted by molar-refractivity contribution is 1.25. The van der Waals surface area contributed by atoms with Crippen LogP contribution in [0, 0.1) is 0 Å². The standard InChI is InChI=1S/C6H3Br3S3/c7-10-4-1-5(11-8)3-6(2-4)12-9/h1-3H. The Morgan fingerprint density at radius 2 is 0.917 bits per heavy atom. The van der Waals surface area contributed by atoms with E-state index in [1.54, 1.807) is 30.6 Å². The van der Waals surface area contributed by atoms with Gasteiger partial charge in [0.25, 0.3) is 0 Å². The molecule has 1 aromatic rings. The van der Waals surface area contributed by atoms with Crippen LogP contribution in [-0.4, -0.2) is 0 Å². The molecule has 66 valence electrons. The van der Waals surface area contributed by atoms with Crippen LogP contribution >= 0.6 is 75.0 Å². The zero-order valence-corrected chi connectivity index (χ0v) is 12.8. The van der Waals surface area contributed by atoms with Gasteiger partial charge in [-0.25, -0.2) is 0 Å². The minimum Gasteiger partial charge on any atom is -0.0471 e. The van der Waals surface area contributed by atoms with Crippen LogP contribution in [0.15, 0.2) is 32.9 Å². The van der Waals surface area contributed by atoms with Gasteiger partial charge in [-0.1, -0.05) is 0 Å². The van der Waals surface area contributed by atoms with Crippen LogP contribution in [0.1, 0.15) is 0 Å². The molecule has 0 N–H and O–H groups in total. The second-order valence-corrected chi connectivity index (χ2v) is 6.66. The van der Waals surface area contributed by atoms with Gasteiger partial charge in [-0.3, -0.25) is 0 Å². The minimum atomic E-state index is 1.21. The van der Waals surface area contributed by atoms with Crippen LogP contribution in [0.3, 0.4) is 0 Å². The minimum absolute atomic E-state index is 1.21. The van der Waals surface area contributed by atoms with E-state index < -0.39 is 0 Å². The molecule has 0 radical (unpaired) electrons. The van der Waals surface area contributed by atoms with Gasteiger partial charge in [0, 0.05) is 14.7 Å². The quantitative estimate of drug-likeness (QED) is 0.609. The molecule has 0 aliphatic rings. The van der Waals surface area contributed by atoms with Crippen LogP contribution in [0.2, 0.25) is 0 Å². The molecule has 1 aromatic carbocycles. The lowest BCUT2D eigenvalue weighted by atomic mass is 10.4. The van der Waals surface area contributed by atoms with Crippen molar-refractivity contribution in [2.75, 3.05) is 0 Å². The van der Waals surface area contributed by atoms with E-state index in [0.29, 0.717) is 0 Å². The summed E-state index contributed by atoms with van der Waals surface area (Å²) in [4.78, 5) is 3.63. The summed E-state index contributed by atoms with van der Waals surface area (Å²) < 4.78 is 0. The Morgan fingerprint density at radius 1 is 0.667 bits per heavy atom.